The van der Waals surface area contributed by atoms with Crippen LogP contribution in [0, 0.1) is 18.3 Å². The van der Waals surface area contributed by atoms with Gasteiger partial charge in [0, 0.05) is 15.7 Å². The Bertz CT molecular complexity index is 1480. The molecule has 3 aromatic rings. The molecule has 1 fully saturated rings. The van der Waals surface area contributed by atoms with Gasteiger partial charge in [-0.1, -0.05) is 51.8 Å². The summed E-state index contributed by atoms with van der Waals surface area (Å²) >= 11 is 3.47. The van der Waals surface area contributed by atoms with Gasteiger partial charge in [-0.05, 0) is 48.9 Å². The van der Waals surface area contributed by atoms with Gasteiger partial charge in [-0.15, -0.1) is 0 Å². The molecule has 0 radical (unpaired) electrons. The number of imide groups is 1. The van der Waals surface area contributed by atoms with Crippen LogP contribution in [0.3, 0.4) is 0 Å². The zero-order valence-electron chi connectivity index (χ0n) is 20.6. The van der Waals surface area contributed by atoms with Gasteiger partial charge < -0.3 is 20.1 Å². The van der Waals surface area contributed by atoms with E-state index in [4.69, 9.17) is 9.47 Å². The molecule has 2 N–H and O–H groups in total. The highest BCUT2D eigenvalue weighted by Gasteiger charge is 2.35. The van der Waals surface area contributed by atoms with Gasteiger partial charge >= 0.3 is 6.03 Å². The first kappa shape index (κ1) is 26.4. The SMILES string of the molecule is COc1cc(/C=C2/NC(=O)N(CC(=O)Nc3ccc(C)cc3)C2=O)c(Br)cc1OCc1ccccc1C#N. The number of nitrogens with zero attached hydrogens (tertiary/aromatic N) is 2. The minimum absolute atomic E-state index is 0.0116. The first-order valence-electron chi connectivity index (χ1n) is 11.5. The van der Waals surface area contributed by atoms with Crippen molar-refractivity contribution < 1.29 is 23.9 Å². The third-order valence-corrected chi connectivity index (χ3v) is 6.39. The molecule has 4 rings (SSSR count). The molecule has 38 heavy (non-hydrogen) atoms. The minimum atomic E-state index is -0.695. The van der Waals surface area contributed by atoms with Crippen LogP contribution in [0.25, 0.3) is 6.08 Å². The van der Waals surface area contributed by atoms with Crippen LogP contribution in [0.15, 0.2) is 70.8 Å². The maximum Gasteiger partial charge on any atom is 0.329 e. The number of hydrogen-bond acceptors (Lipinski definition) is 6. The summed E-state index contributed by atoms with van der Waals surface area (Å²) < 4.78 is 11.9. The molecule has 0 aliphatic carbocycles. The molecule has 1 aliphatic rings. The number of amides is 4. The first-order valence-corrected chi connectivity index (χ1v) is 12.3. The number of benzene rings is 3. The van der Waals surface area contributed by atoms with Crippen LogP contribution in [0.1, 0.15) is 22.3 Å². The summed E-state index contributed by atoms with van der Waals surface area (Å²) in [7, 11) is 1.48. The maximum atomic E-state index is 12.9. The number of urea groups is 1. The lowest BCUT2D eigenvalue weighted by Crippen LogP contribution is -2.38. The predicted octanol–water partition coefficient (Wildman–Crippen LogP) is 4.75. The number of ether oxygens (including phenoxy) is 2. The van der Waals surface area contributed by atoms with Crippen molar-refractivity contribution in [2.24, 2.45) is 0 Å². The fourth-order valence-corrected chi connectivity index (χ4v) is 4.13. The van der Waals surface area contributed by atoms with Gasteiger partial charge in [0.2, 0.25) is 5.91 Å². The summed E-state index contributed by atoms with van der Waals surface area (Å²) in [6.07, 6.45) is 1.49. The van der Waals surface area contributed by atoms with E-state index in [1.54, 1.807) is 42.5 Å². The monoisotopic (exact) mass is 574 g/mol. The second kappa shape index (κ2) is 11.6. The van der Waals surface area contributed by atoms with Crippen molar-refractivity contribution in [3.63, 3.8) is 0 Å². The fraction of sp³-hybridized carbons (Fsp3) is 0.143. The van der Waals surface area contributed by atoms with Gasteiger partial charge in [-0.25, -0.2) is 9.69 Å². The summed E-state index contributed by atoms with van der Waals surface area (Å²) in [5.41, 5.74) is 3.40. The number of carbonyl (C=O) groups is 3. The van der Waals surface area contributed by atoms with Gasteiger partial charge in [-0.2, -0.15) is 5.26 Å². The Hall–Kier alpha value is -4.62. The number of carbonyl (C=O) groups excluding carboxylic acids is 3. The number of rotatable bonds is 8. The number of aryl methyl sites for hydroxylation is 1. The van der Waals surface area contributed by atoms with Crippen molar-refractivity contribution in [2.75, 3.05) is 19.0 Å². The van der Waals surface area contributed by atoms with Crippen LogP contribution in [0.5, 0.6) is 11.5 Å². The van der Waals surface area contributed by atoms with E-state index in [0.717, 1.165) is 16.0 Å². The molecular formula is C28H23BrN4O5. The molecule has 4 amide bonds. The van der Waals surface area contributed by atoms with Crippen molar-refractivity contribution >= 4 is 45.5 Å². The van der Waals surface area contributed by atoms with E-state index >= 15 is 0 Å². The highest BCUT2D eigenvalue weighted by atomic mass is 79.9. The number of hydrogen-bond donors (Lipinski definition) is 2. The summed E-state index contributed by atoms with van der Waals surface area (Å²) in [5, 5.41) is 14.5. The predicted molar refractivity (Wildman–Crippen MR) is 144 cm³/mol. The Morgan fingerprint density at radius 2 is 1.87 bits per heavy atom. The molecule has 0 bridgehead atoms. The Labute approximate surface area is 227 Å². The van der Waals surface area contributed by atoms with Crippen molar-refractivity contribution in [1.82, 2.24) is 10.2 Å². The summed E-state index contributed by atoms with van der Waals surface area (Å²) in [6, 6.07) is 19.1. The molecule has 1 aliphatic heterocycles. The largest absolute Gasteiger partial charge is 0.493 e. The molecular weight excluding hydrogens is 552 g/mol. The number of nitriles is 1. The van der Waals surface area contributed by atoms with Crippen LogP contribution in [-0.2, 0) is 16.2 Å². The summed E-state index contributed by atoms with van der Waals surface area (Å²) in [5.74, 6) is -0.319. The number of anilines is 1. The number of halogens is 1. The van der Waals surface area contributed by atoms with Crippen LogP contribution in [0.4, 0.5) is 10.5 Å². The van der Waals surface area contributed by atoms with E-state index in [1.807, 2.05) is 25.1 Å². The Morgan fingerprint density at radius 1 is 1.13 bits per heavy atom. The zero-order valence-corrected chi connectivity index (χ0v) is 22.2. The van der Waals surface area contributed by atoms with Crippen LogP contribution in [-0.4, -0.2) is 36.4 Å². The van der Waals surface area contributed by atoms with E-state index in [2.05, 4.69) is 32.6 Å². The molecule has 0 aromatic heterocycles. The quantitative estimate of drug-likeness (QED) is 0.296. The molecule has 1 saturated heterocycles. The fourth-order valence-electron chi connectivity index (χ4n) is 3.70. The van der Waals surface area contributed by atoms with Crippen LogP contribution in [0.2, 0.25) is 0 Å². The molecule has 10 heteroatoms. The maximum absolute atomic E-state index is 12.9. The molecule has 9 nitrogen and oxygen atoms in total. The van der Waals surface area contributed by atoms with Gasteiger partial charge in [0.05, 0.1) is 18.7 Å². The molecule has 1 heterocycles. The summed E-state index contributed by atoms with van der Waals surface area (Å²) in [6.45, 7) is 1.65. The van der Waals surface area contributed by atoms with Gasteiger partial charge in [-0.3, -0.25) is 9.59 Å². The number of methoxy groups -OCH3 is 1. The lowest BCUT2D eigenvalue weighted by atomic mass is 10.1. The Kier molecular flexibility index (Phi) is 8.09. The van der Waals surface area contributed by atoms with E-state index in [1.165, 1.54) is 13.2 Å². The first-order chi connectivity index (χ1) is 18.3. The van der Waals surface area contributed by atoms with Crippen molar-refractivity contribution in [1.29, 1.82) is 5.26 Å². The molecule has 0 unspecified atom stereocenters. The standard InChI is InChI=1S/C28H23BrN4O5/c1-17-7-9-21(10-8-17)31-26(34)15-33-27(35)23(32-28(33)36)11-20-12-24(37-2)25(13-22(20)29)38-16-19-6-4-3-5-18(19)14-30/h3-13H,15-16H2,1-2H3,(H,31,34)(H,32,36)/b23-11+. The average molecular weight is 575 g/mol. The third-order valence-electron chi connectivity index (χ3n) is 5.70. The van der Waals surface area contributed by atoms with Crippen molar-refractivity contribution in [3.05, 3.63) is 93.1 Å². The molecule has 3 aromatic carbocycles. The lowest BCUT2D eigenvalue weighted by molar-refractivity contribution is -0.127. The highest BCUT2D eigenvalue weighted by Crippen LogP contribution is 2.35. The zero-order chi connectivity index (χ0) is 27.2. The lowest BCUT2D eigenvalue weighted by Gasteiger charge is -2.14. The summed E-state index contributed by atoms with van der Waals surface area (Å²) in [4.78, 5) is 38.6. The minimum Gasteiger partial charge on any atom is -0.493 e. The average Bonchev–Trinajstić information content (AvgIpc) is 3.17. The van der Waals surface area contributed by atoms with E-state index in [0.29, 0.717) is 32.8 Å². The van der Waals surface area contributed by atoms with Crippen LogP contribution >= 0.6 is 15.9 Å². The molecule has 0 atom stereocenters. The van der Waals surface area contributed by atoms with Gasteiger partial charge in [0.25, 0.3) is 5.91 Å². The molecule has 192 valence electrons. The molecule has 0 spiro atoms. The topological polar surface area (TPSA) is 121 Å². The van der Waals surface area contributed by atoms with E-state index in [-0.39, 0.29) is 12.3 Å². The Balaban J connectivity index is 1.48. The van der Waals surface area contributed by atoms with E-state index in [9.17, 15) is 19.6 Å². The van der Waals surface area contributed by atoms with Gasteiger partial charge in [0.15, 0.2) is 11.5 Å². The van der Waals surface area contributed by atoms with Gasteiger partial charge in [0.1, 0.15) is 18.8 Å². The van der Waals surface area contributed by atoms with Crippen molar-refractivity contribution in [3.8, 4) is 17.6 Å². The third kappa shape index (κ3) is 6.02. The number of nitrogens with one attached hydrogen (secondary N) is 2. The second-order valence-electron chi connectivity index (χ2n) is 8.38. The van der Waals surface area contributed by atoms with Crippen LogP contribution < -0.4 is 20.1 Å². The normalized spacial score (nSPS) is 13.7. The Morgan fingerprint density at radius 3 is 2.58 bits per heavy atom. The van der Waals surface area contributed by atoms with E-state index < -0.39 is 24.4 Å². The molecule has 0 saturated carbocycles. The second-order valence-corrected chi connectivity index (χ2v) is 9.23. The van der Waals surface area contributed by atoms with Crippen molar-refractivity contribution in [2.45, 2.75) is 13.5 Å². The highest BCUT2D eigenvalue weighted by molar-refractivity contribution is 9.10. The smallest absolute Gasteiger partial charge is 0.329 e.